The number of nitrogens with zero attached hydrogens (tertiary/aromatic N) is 2. The number of aryl methyl sites for hydroxylation is 2. The zero-order valence-corrected chi connectivity index (χ0v) is 14.2. The van der Waals surface area contributed by atoms with Crippen LogP contribution in [0.25, 0.3) is 5.65 Å². The predicted octanol–water partition coefficient (Wildman–Crippen LogP) is 4.19. The molecule has 1 aliphatic heterocycles. The Morgan fingerprint density at radius 1 is 1.16 bits per heavy atom. The number of hydrogen-bond donors (Lipinski definition) is 0. The van der Waals surface area contributed by atoms with E-state index >= 15 is 8.78 Å². The zero-order valence-electron chi connectivity index (χ0n) is 14.2. The molecule has 6 heteroatoms. The molecule has 0 unspecified atom stereocenters. The topological polar surface area (TPSA) is 35.8 Å². The Morgan fingerprint density at radius 2 is 1.88 bits per heavy atom. The summed E-state index contributed by atoms with van der Waals surface area (Å²) in [6.07, 6.45) is -0.727. The first-order chi connectivity index (χ1) is 11.9. The Bertz CT molecular complexity index is 937. The van der Waals surface area contributed by atoms with Crippen LogP contribution in [0.15, 0.2) is 42.6 Å². The third kappa shape index (κ3) is 2.24. The third-order valence-corrected chi connectivity index (χ3v) is 4.84. The number of rotatable bonds is 2. The van der Waals surface area contributed by atoms with E-state index in [-0.39, 0.29) is 11.3 Å². The molecule has 3 aromatic rings. The van der Waals surface area contributed by atoms with E-state index < -0.39 is 18.1 Å². The lowest BCUT2D eigenvalue weighted by Gasteiger charge is -2.38. The van der Waals surface area contributed by atoms with Crippen LogP contribution in [0.1, 0.15) is 28.6 Å². The van der Waals surface area contributed by atoms with Crippen molar-refractivity contribution in [3.8, 4) is 5.75 Å². The Hall–Kier alpha value is -2.47. The first kappa shape index (κ1) is 16.0. The summed E-state index contributed by atoms with van der Waals surface area (Å²) in [7, 11) is 1.28. The summed E-state index contributed by atoms with van der Waals surface area (Å²) in [5, 5.41) is 0. The monoisotopic (exact) mass is 344 g/mol. The summed E-state index contributed by atoms with van der Waals surface area (Å²) < 4.78 is 43.4. The summed E-state index contributed by atoms with van der Waals surface area (Å²) >= 11 is 0. The van der Waals surface area contributed by atoms with Gasteiger partial charge in [-0.2, -0.15) is 8.78 Å². The second-order valence-electron chi connectivity index (χ2n) is 6.26. The molecule has 130 valence electrons. The lowest BCUT2D eigenvalue weighted by Crippen LogP contribution is -2.44. The minimum absolute atomic E-state index is 0.117. The van der Waals surface area contributed by atoms with Crippen LogP contribution in [0.4, 0.5) is 8.78 Å². The number of fused-ring (bicyclic) bond motifs is 3. The van der Waals surface area contributed by atoms with Gasteiger partial charge in [-0.15, -0.1) is 0 Å². The molecule has 1 aliphatic rings. The molecule has 0 spiro atoms. The minimum atomic E-state index is -3.20. The maximum Gasteiger partial charge on any atom is 0.306 e. The number of methoxy groups -OCH3 is 1. The lowest BCUT2D eigenvalue weighted by molar-refractivity contribution is -0.182. The molecule has 0 radical (unpaired) electrons. The highest BCUT2D eigenvalue weighted by atomic mass is 19.3. The summed E-state index contributed by atoms with van der Waals surface area (Å²) in [5.74, 6) is -3.08. The molecule has 2 aromatic heterocycles. The Labute approximate surface area is 144 Å². The predicted molar refractivity (Wildman–Crippen MR) is 89.2 cm³/mol. The van der Waals surface area contributed by atoms with Crippen molar-refractivity contribution in [2.24, 2.45) is 0 Å². The van der Waals surface area contributed by atoms with E-state index in [4.69, 9.17) is 9.47 Å². The maximum absolute atomic E-state index is 15.2. The summed E-state index contributed by atoms with van der Waals surface area (Å²) in [6.45, 7) is 3.75. The molecule has 0 bridgehead atoms. The molecule has 2 atom stereocenters. The summed E-state index contributed by atoms with van der Waals surface area (Å²) in [4.78, 5) is 4.43. The average Bonchev–Trinajstić information content (AvgIpc) is 2.90. The smallest absolute Gasteiger partial charge is 0.306 e. The van der Waals surface area contributed by atoms with Gasteiger partial charge in [-0.3, -0.25) is 0 Å². The first-order valence-electron chi connectivity index (χ1n) is 8.06. The van der Waals surface area contributed by atoms with E-state index in [2.05, 4.69) is 4.98 Å². The molecular weight excluding hydrogens is 326 g/mol. The summed E-state index contributed by atoms with van der Waals surface area (Å²) in [6, 6.07) is 10.3. The highest BCUT2D eigenvalue weighted by Crippen LogP contribution is 2.50. The second kappa shape index (κ2) is 5.52. The van der Waals surface area contributed by atoms with Gasteiger partial charge in [-0.05, 0) is 25.5 Å². The first-order valence-corrected chi connectivity index (χ1v) is 8.06. The number of hydrogen-bond acceptors (Lipinski definition) is 3. The van der Waals surface area contributed by atoms with Gasteiger partial charge in [0.05, 0.1) is 11.3 Å². The molecule has 4 nitrogen and oxygen atoms in total. The van der Waals surface area contributed by atoms with Gasteiger partial charge in [-0.1, -0.05) is 30.3 Å². The molecule has 3 heterocycles. The largest absolute Gasteiger partial charge is 0.478 e. The lowest BCUT2D eigenvalue weighted by atomic mass is 9.91. The maximum atomic E-state index is 15.2. The molecule has 0 aliphatic carbocycles. The average molecular weight is 344 g/mol. The van der Waals surface area contributed by atoms with Gasteiger partial charge >= 0.3 is 5.92 Å². The number of aromatic nitrogens is 2. The van der Waals surface area contributed by atoms with Crippen LogP contribution in [0.3, 0.4) is 0 Å². The van der Waals surface area contributed by atoms with Crippen molar-refractivity contribution in [1.29, 1.82) is 0 Å². The van der Waals surface area contributed by atoms with Crippen molar-refractivity contribution in [1.82, 2.24) is 9.38 Å². The second-order valence-corrected chi connectivity index (χ2v) is 6.26. The van der Waals surface area contributed by atoms with E-state index in [0.717, 1.165) is 11.4 Å². The van der Waals surface area contributed by atoms with E-state index in [1.807, 2.05) is 19.9 Å². The molecule has 0 amide bonds. The van der Waals surface area contributed by atoms with Crippen molar-refractivity contribution in [3.63, 3.8) is 0 Å². The fourth-order valence-corrected chi connectivity index (χ4v) is 3.38. The fourth-order valence-electron chi connectivity index (χ4n) is 3.38. The normalized spacial score (nSPS) is 21.8. The van der Waals surface area contributed by atoms with Crippen molar-refractivity contribution >= 4 is 5.65 Å². The van der Waals surface area contributed by atoms with Crippen LogP contribution in [0, 0.1) is 13.8 Å². The van der Waals surface area contributed by atoms with Crippen molar-refractivity contribution in [3.05, 3.63) is 65.1 Å². The zero-order chi connectivity index (χ0) is 17.8. The van der Waals surface area contributed by atoms with Gasteiger partial charge in [-0.25, -0.2) is 4.98 Å². The minimum Gasteiger partial charge on any atom is -0.478 e. The third-order valence-electron chi connectivity index (χ3n) is 4.84. The van der Waals surface area contributed by atoms with Gasteiger partial charge in [0.15, 0.2) is 23.6 Å². The van der Waals surface area contributed by atoms with Crippen LogP contribution in [-0.2, 0) is 10.7 Å². The highest BCUT2D eigenvalue weighted by Gasteiger charge is 2.54. The van der Waals surface area contributed by atoms with Crippen molar-refractivity contribution < 1.29 is 18.3 Å². The van der Waals surface area contributed by atoms with Gasteiger partial charge in [0.2, 0.25) is 0 Å². The number of ether oxygens (including phenoxy) is 2. The Balaban J connectivity index is 1.96. The number of pyridine rings is 1. The van der Waals surface area contributed by atoms with Gasteiger partial charge in [0, 0.05) is 19.0 Å². The van der Waals surface area contributed by atoms with Gasteiger partial charge in [0.1, 0.15) is 0 Å². The van der Waals surface area contributed by atoms with Crippen LogP contribution < -0.4 is 4.74 Å². The molecule has 0 saturated carbocycles. The van der Waals surface area contributed by atoms with E-state index in [1.165, 1.54) is 13.2 Å². The van der Waals surface area contributed by atoms with Crippen molar-refractivity contribution in [2.75, 3.05) is 7.11 Å². The van der Waals surface area contributed by atoms with E-state index in [9.17, 15) is 0 Å². The molecular formula is C19H18F2N2O2. The van der Waals surface area contributed by atoms with Gasteiger partial charge < -0.3 is 13.9 Å². The van der Waals surface area contributed by atoms with Gasteiger partial charge in [0.25, 0.3) is 0 Å². The number of benzene rings is 1. The number of alkyl halides is 2. The number of imidazole rings is 1. The Morgan fingerprint density at radius 3 is 2.56 bits per heavy atom. The van der Waals surface area contributed by atoms with E-state index in [0.29, 0.717) is 11.2 Å². The molecule has 1 aromatic carbocycles. The van der Waals surface area contributed by atoms with Crippen LogP contribution >= 0.6 is 0 Å². The standard InChI is InChI=1S/C19H18F2N2O2/c1-11-12(2)23-10-9-14-16(18(23)22-11)25-15(13-7-5-4-6-8-13)17(24-3)19(14,20)21/h4-10,15,17H,1-3H3/t15-,17-/m1/s1. The number of halogens is 2. The molecule has 4 rings (SSSR count). The Kier molecular flexibility index (Phi) is 3.54. The SMILES string of the molecule is CO[C@@H]1[C@@H](c2ccccc2)Oc2c(ccn3c(C)c(C)nc23)C1(F)F. The highest BCUT2D eigenvalue weighted by molar-refractivity contribution is 5.62. The molecule has 25 heavy (non-hydrogen) atoms. The van der Waals surface area contributed by atoms with E-state index in [1.54, 1.807) is 34.9 Å². The van der Waals surface area contributed by atoms with Crippen LogP contribution in [0.2, 0.25) is 0 Å². The fraction of sp³-hybridized carbons (Fsp3) is 0.316. The summed E-state index contributed by atoms with van der Waals surface area (Å²) in [5.41, 5.74) is 2.54. The quantitative estimate of drug-likeness (QED) is 0.699. The van der Waals surface area contributed by atoms with Crippen molar-refractivity contribution in [2.45, 2.75) is 32.0 Å². The molecule has 0 N–H and O–H groups in total. The molecule has 0 saturated heterocycles. The molecule has 0 fully saturated rings. The van der Waals surface area contributed by atoms with Crippen LogP contribution in [-0.4, -0.2) is 22.6 Å². The van der Waals surface area contributed by atoms with Crippen LogP contribution in [0.5, 0.6) is 5.75 Å².